The maximum atomic E-state index is 11.2. The molecule has 1 N–H and O–H groups in total. The van der Waals surface area contributed by atoms with Crippen LogP contribution in [0.25, 0.3) is 0 Å². The van der Waals surface area contributed by atoms with Crippen LogP contribution >= 0.6 is 31.9 Å². The summed E-state index contributed by atoms with van der Waals surface area (Å²) in [6.45, 7) is -0.181. The number of esters is 2. The molecule has 0 aromatic carbocycles. The number of aromatic nitrogens is 2. The van der Waals surface area contributed by atoms with Crippen molar-refractivity contribution < 1.29 is 148 Å². The molecule has 0 saturated heterocycles. The van der Waals surface area contributed by atoms with E-state index < -0.39 is 11.9 Å². The summed E-state index contributed by atoms with van der Waals surface area (Å²) in [5, 5.41) is 17.6. The van der Waals surface area contributed by atoms with E-state index in [9.17, 15) is 9.59 Å². The second kappa shape index (κ2) is 23.3. The largest absolute Gasteiger partial charge is 1.00 e. The Bertz CT molecular complexity index is 852. The Hall–Kier alpha value is 0.503. The molecule has 2 aromatic rings. The molecule has 2 heterocycles. The number of hydrogen-bond acceptors (Lipinski definition) is 11. The van der Waals surface area contributed by atoms with Gasteiger partial charge in [-0.05, 0) is 56.1 Å². The molecule has 0 fully saturated rings. The Morgan fingerprint density at radius 1 is 0.969 bits per heavy atom. The van der Waals surface area contributed by atoms with E-state index in [1.54, 1.807) is 12.1 Å². The molecule has 0 spiro atoms. The fourth-order valence-electron chi connectivity index (χ4n) is 1.51. The molecule has 0 bridgehead atoms. The third kappa shape index (κ3) is 15.4. The molecule has 0 aliphatic carbocycles. The number of nitrogens with zero attached hydrogens (tertiary/aromatic N) is 2. The fraction of sp³-hybridized carbons (Fsp3) is 0.235. The predicted molar refractivity (Wildman–Crippen MR) is 110 cm³/mol. The Kier molecular flexibility index (Phi) is 28.9. The number of methoxy groups -OCH3 is 3. The van der Waals surface area contributed by atoms with E-state index in [0.717, 1.165) is 0 Å². The third-order valence-electron chi connectivity index (χ3n) is 2.68. The zero-order valence-corrected chi connectivity index (χ0v) is 26.7. The van der Waals surface area contributed by atoms with Crippen LogP contribution in [0.4, 0.5) is 0 Å². The molecular formula is C17H20Br2K2N2O9. The summed E-state index contributed by atoms with van der Waals surface area (Å²) >= 11 is 6.21. The minimum absolute atomic E-state index is 0. The van der Waals surface area contributed by atoms with Crippen LogP contribution in [-0.4, -0.2) is 54.8 Å². The number of hydrogen-bond donors (Lipinski definition) is 1. The van der Waals surface area contributed by atoms with Crippen LogP contribution < -0.4 is 113 Å². The molecule has 32 heavy (non-hydrogen) atoms. The monoisotopic (exact) mass is 632 g/mol. The summed E-state index contributed by atoms with van der Waals surface area (Å²) in [6.07, 6.45) is 0. The van der Waals surface area contributed by atoms with Gasteiger partial charge in [-0.1, -0.05) is 7.43 Å². The van der Waals surface area contributed by atoms with Gasteiger partial charge in [-0.2, -0.15) is 0 Å². The summed E-state index contributed by atoms with van der Waals surface area (Å²) in [4.78, 5) is 41.0. The second-order valence-electron chi connectivity index (χ2n) is 4.36. The first-order chi connectivity index (χ1) is 13.7. The van der Waals surface area contributed by atoms with Crippen LogP contribution in [0.15, 0.2) is 33.5 Å². The number of halogens is 2. The normalized spacial score (nSPS) is 8.06. The summed E-state index contributed by atoms with van der Waals surface area (Å²) in [5.41, 5.74) is 0.0752. The molecule has 168 valence electrons. The zero-order chi connectivity index (χ0) is 22.4. The van der Waals surface area contributed by atoms with E-state index in [1.165, 1.54) is 33.5 Å². The summed E-state index contributed by atoms with van der Waals surface area (Å²) in [7, 11) is 3.99. The first-order valence-corrected chi connectivity index (χ1v) is 8.79. The Morgan fingerprint density at radius 2 is 1.38 bits per heavy atom. The number of carbonyl (C=O) groups excluding carboxylic acids is 3. The third-order valence-corrected chi connectivity index (χ3v) is 3.56. The number of rotatable bonds is 4. The average molecular weight is 634 g/mol. The first-order valence-electron chi connectivity index (χ1n) is 7.20. The molecule has 0 amide bonds. The number of carbonyl (C=O) groups is 3. The van der Waals surface area contributed by atoms with Crippen molar-refractivity contribution in [1.82, 2.24) is 9.97 Å². The van der Waals surface area contributed by atoms with Crippen molar-refractivity contribution in [2.24, 2.45) is 0 Å². The van der Waals surface area contributed by atoms with Crippen LogP contribution in [0.1, 0.15) is 29.8 Å². The molecule has 0 aliphatic rings. The number of ether oxygens (including phenoxy) is 3. The fourth-order valence-corrected chi connectivity index (χ4v) is 2.12. The van der Waals surface area contributed by atoms with Gasteiger partial charge in [0, 0.05) is 0 Å². The van der Waals surface area contributed by atoms with Gasteiger partial charge >= 0.3 is 115 Å². The Labute approximate surface area is 288 Å². The van der Waals surface area contributed by atoms with Crippen molar-refractivity contribution in [3.63, 3.8) is 0 Å². The minimum atomic E-state index is -0.659. The van der Waals surface area contributed by atoms with Gasteiger partial charge in [0.25, 0.3) is 6.47 Å². The molecule has 0 atom stereocenters. The van der Waals surface area contributed by atoms with E-state index in [-0.39, 0.29) is 135 Å². The van der Waals surface area contributed by atoms with Crippen molar-refractivity contribution >= 4 is 50.3 Å². The Morgan fingerprint density at radius 3 is 1.78 bits per heavy atom. The molecule has 0 saturated carbocycles. The van der Waals surface area contributed by atoms with Gasteiger partial charge in [-0.3, -0.25) is 4.79 Å². The van der Waals surface area contributed by atoms with Crippen molar-refractivity contribution in [3.05, 3.63) is 44.9 Å². The molecular weight excluding hydrogens is 614 g/mol. The minimum Gasteiger partial charge on any atom is -1.00 e. The molecule has 11 nitrogen and oxygen atoms in total. The van der Waals surface area contributed by atoms with Gasteiger partial charge < -0.3 is 30.9 Å². The maximum absolute atomic E-state index is 11.2. The molecule has 2 aromatic heterocycles. The standard InChI is InChI=1S/C8H8BrNO3.C7H6BrNO3.CH2O3.CH4.2K.H/c1-12-5-3-4-6(9)10-7(5)8(11)13-2;1-12-7(11)6-4(10)2-3-5(8)9-6;2-1-4-3;;;;/h3-4H,1-2H3;2-3,10H,1H3;1,3H;1H4;;;/q;;;;2*+1;-1/p-1. The van der Waals surface area contributed by atoms with Crippen LogP contribution in [0, 0.1) is 0 Å². The molecule has 2 rings (SSSR count). The van der Waals surface area contributed by atoms with Gasteiger partial charge in [0.05, 0.1) is 21.3 Å². The predicted octanol–water partition coefficient (Wildman–Crippen LogP) is -3.83. The first kappa shape index (κ1) is 39.7. The van der Waals surface area contributed by atoms with E-state index in [4.69, 9.17) is 19.9 Å². The summed E-state index contributed by atoms with van der Waals surface area (Å²) < 4.78 is 14.9. The van der Waals surface area contributed by atoms with Crippen LogP contribution in [-0.2, 0) is 19.2 Å². The van der Waals surface area contributed by atoms with Gasteiger partial charge in [0.15, 0.2) is 17.1 Å². The molecule has 0 radical (unpaired) electrons. The van der Waals surface area contributed by atoms with Crippen molar-refractivity contribution in [3.8, 4) is 11.5 Å². The van der Waals surface area contributed by atoms with Gasteiger partial charge in [-0.15, -0.1) is 0 Å². The second-order valence-corrected chi connectivity index (χ2v) is 5.99. The van der Waals surface area contributed by atoms with E-state index in [2.05, 4.69) is 56.2 Å². The van der Waals surface area contributed by atoms with E-state index in [0.29, 0.717) is 15.0 Å². The van der Waals surface area contributed by atoms with Crippen LogP contribution in [0.5, 0.6) is 11.5 Å². The van der Waals surface area contributed by atoms with Crippen LogP contribution in [0.2, 0.25) is 0 Å². The molecule has 0 aliphatic heterocycles. The van der Waals surface area contributed by atoms with Gasteiger partial charge in [0.1, 0.15) is 15.0 Å². The van der Waals surface area contributed by atoms with E-state index in [1.807, 2.05) is 0 Å². The zero-order valence-electron chi connectivity index (χ0n) is 18.3. The maximum Gasteiger partial charge on any atom is 1.00 e. The summed E-state index contributed by atoms with van der Waals surface area (Å²) in [6, 6.07) is 6.22. The van der Waals surface area contributed by atoms with Crippen molar-refractivity contribution in [2.75, 3.05) is 21.3 Å². The SMILES string of the molecule is C.COC(=O)c1nc(Br)ccc1O.COC(=O)c1nc(Br)ccc1OC.O=CO[O-].[H-].[K+].[K+]. The topological polar surface area (TPSA) is 157 Å². The number of aromatic hydroxyl groups is 1. The average Bonchev–Trinajstić information content (AvgIpc) is 2.74. The quantitative estimate of drug-likeness (QED) is 0.0878. The Balaban J connectivity index is -0.000000124. The van der Waals surface area contributed by atoms with Crippen molar-refractivity contribution in [1.29, 1.82) is 0 Å². The van der Waals surface area contributed by atoms with E-state index >= 15 is 0 Å². The summed E-state index contributed by atoms with van der Waals surface area (Å²) in [5.74, 6) is -0.966. The smallest absolute Gasteiger partial charge is 1.00 e. The molecule has 15 heteroatoms. The van der Waals surface area contributed by atoms with Gasteiger partial charge in [0.2, 0.25) is 0 Å². The van der Waals surface area contributed by atoms with Crippen LogP contribution in [0.3, 0.4) is 0 Å². The van der Waals surface area contributed by atoms with Crippen molar-refractivity contribution in [2.45, 2.75) is 7.43 Å². The number of pyridine rings is 2. The van der Waals surface area contributed by atoms with Gasteiger partial charge in [-0.25, -0.2) is 19.6 Å². The molecule has 0 unspecified atom stereocenters.